The molecule has 0 saturated heterocycles. The summed E-state index contributed by atoms with van der Waals surface area (Å²) in [5.74, 6) is -1.13. The number of amides is 2. The SMILES string of the molecule is Cc1ccc(CN(Cc2ccc(F)cc2)C(=O)CN(CC(C)C)C(=O)c2ccc(F)cc2)s1. The van der Waals surface area contributed by atoms with Gasteiger partial charge in [-0.05, 0) is 66.9 Å². The van der Waals surface area contributed by atoms with Crippen molar-refractivity contribution in [1.29, 1.82) is 0 Å². The first-order chi connectivity index (χ1) is 15.7. The lowest BCUT2D eigenvalue weighted by molar-refractivity contribution is -0.133. The molecule has 33 heavy (non-hydrogen) atoms. The predicted molar refractivity (Wildman–Crippen MR) is 127 cm³/mol. The molecule has 0 saturated carbocycles. The van der Waals surface area contributed by atoms with Crippen LogP contribution in [0.25, 0.3) is 0 Å². The van der Waals surface area contributed by atoms with Crippen LogP contribution in [0.15, 0.2) is 60.7 Å². The normalized spacial score (nSPS) is 11.0. The lowest BCUT2D eigenvalue weighted by Crippen LogP contribution is -2.43. The number of nitrogens with zero attached hydrogens (tertiary/aromatic N) is 2. The highest BCUT2D eigenvalue weighted by Crippen LogP contribution is 2.20. The van der Waals surface area contributed by atoms with E-state index < -0.39 is 5.82 Å². The summed E-state index contributed by atoms with van der Waals surface area (Å²) in [4.78, 5) is 31.9. The van der Waals surface area contributed by atoms with E-state index in [2.05, 4.69) is 0 Å². The Hall–Kier alpha value is -3.06. The molecule has 0 atom stereocenters. The molecule has 0 bridgehead atoms. The minimum atomic E-state index is -0.422. The smallest absolute Gasteiger partial charge is 0.254 e. The molecular formula is C26H28F2N2O2S. The molecule has 0 aliphatic rings. The zero-order valence-electron chi connectivity index (χ0n) is 19.1. The summed E-state index contributed by atoms with van der Waals surface area (Å²) in [5.41, 5.74) is 1.14. The summed E-state index contributed by atoms with van der Waals surface area (Å²) >= 11 is 1.61. The topological polar surface area (TPSA) is 40.6 Å². The lowest BCUT2D eigenvalue weighted by atomic mass is 10.1. The Morgan fingerprint density at radius 2 is 1.45 bits per heavy atom. The number of aryl methyl sites for hydroxylation is 1. The first kappa shape index (κ1) is 24.6. The average molecular weight is 471 g/mol. The van der Waals surface area contributed by atoms with Crippen molar-refractivity contribution in [2.45, 2.75) is 33.9 Å². The highest BCUT2D eigenvalue weighted by molar-refractivity contribution is 7.11. The second-order valence-electron chi connectivity index (χ2n) is 8.48. The van der Waals surface area contributed by atoms with Gasteiger partial charge in [-0.3, -0.25) is 9.59 Å². The van der Waals surface area contributed by atoms with E-state index in [0.717, 1.165) is 15.3 Å². The third-order valence-corrected chi connectivity index (χ3v) is 6.06. The highest BCUT2D eigenvalue weighted by Gasteiger charge is 2.24. The Morgan fingerprint density at radius 3 is 2.00 bits per heavy atom. The Balaban J connectivity index is 1.82. The minimum absolute atomic E-state index is 0.0973. The van der Waals surface area contributed by atoms with Gasteiger partial charge in [0.2, 0.25) is 5.91 Å². The van der Waals surface area contributed by atoms with Crippen LogP contribution in [0.5, 0.6) is 0 Å². The van der Waals surface area contributed by atoms with Gasteiger partial charge in [-0.1, -0.05) is 26.0 Å². The fourth-order valence-electron chi connectivity index (χ4n) is 3.50. The lowest BCUT2D eigenvalue weighted by Gasteiger charge is -2.29. The second-order valence-corrected chi connectivity index (χ2v) is 9.85. The Kier molecular flexibility index (Phi) is 8.33. The van der Waals surface area contributed by atoms with E-state index in [1.54, 1.807) is 28.4 Å². The van der Waals surface area contributed by atoms with E-state index in [0.29, 0.717) is 25.2 Å². The minimum Gasteiger partial charge on any atom is -0.332 e. The number of hydrogen-bond donors (Lipinski definition) is 0. The number of carbonyl (C=O) groups excluding carboxylic acids is 2. The average Bonchev–Trinajstić information content (AvgIpc) is 3.18. The summed E-state index contributed by atoms with van der Waals surface area (Å²) in [6, 6.07) is 15.4. The number of hydrogen-bond acceptors (Lipinski definition) is 3. The molecule has 174 valence electrons. The third kappa shape index (κ3) is 7.22. The zero-order valence-corrected chi connectivity index (χ0v) is 19.9. The van der Waals surface area contributed by atoms with Crippen molar-refractivity contribution in [3.05, 3.63) is 93.2 Å². The Morgan fingerprint density at radius 1 is 0.848 bits per heavy atom. The van der Waals surface area contributed by atoms with Gasteiger partial charge in [-0.2, -0.15) is 0 Å². The van der Waals surface area contributed by atoms with E-state index in [1.165, 1.54) is 41.3 Å². The summed E-state index contributed by atoms with van der Waals surface area (Å²) in [6.07, 6.45) is 0. The fourth-order valence-corrected chi connectivity index (χ4v) is 4.41. The van der Waals surface area contributed by atoms with Gasteiger partial charge < -0.3 is 9.80 Å². The molecule has 1 heterocycles. The molecule has 3 aromatic rings. The molecule has 4 nitrogen and oxygen atoms in total. The molecular weight excluding hydrogens is 442 g/mol. The van der Waals surface area contributed by atoms with Crippen molar-refractivity contribution >= 4 is 23.2 Å². The maximum atomic E-state index is 13.4. The molecule has 2 aromatic carbocycles. The van der Waals surface area contributed by atoms with E-state index >= 15 is 0 Å². The van der Waals surface area contributed by atoms with Gasteiger partial charge in [0.15, 0.2) is 0 Å². The third-order valence-electron chi connectivity index (χ3n) is 5.07. The van der Waals surface area contributed by atoms with Crippen molar-refractivity contribution in [3.8, 4) is 0 Å². The molecule has 0 unspecified atom stereocenters. The molecule has 0 aliphatic heterocycles. The maximum absolute atomic E-state index is 13.4. The van der Waals surface area contributed by atoms with Gasteiger partial charge in [-0.25, -0.2) is 8.78 Å². The van der Waals surface area contributed by atoms with Gasteiger partial charge in [0.25, 0.3) is 5.91 Å². The number of rotatable bonds is 9. The van der Waals surface area contributed by atoms with Crippen LogP contribution in [-0.2, 0) is 17.9 Å². The van der Waals surface area contributed by atoms with Crippen LogP contribution in [0.2, 0.25) is 0 Å². The Bertz CT molecular complexity index is 1080. The molecule has 2 amide bonds. The van der Waals surface area contributed by atoms with E-state index in [1.807, 2.05) is 32.9 Å². The van der Waals surface area contributed by atoms with Crippen molar-refractivity contribution in [2.24, 2.45) is 5.92 Å². The molecule has 3 rings (SSSR count). The highest BCUT2D eigenvalue weighted by atomic mass is 32.1. The van der Waals surface area contributed by atoms with Gasteiger partial charge in [0.05, 0.1) is 6.54 Å². The van der Waals surface area contributed by atoms with Crippen molar-refractivity contribution in [2.75, 3.05) is 13.1 Å². The fraction of sp³-hybridized carbons (Fsp3) is 0.308. The van der Waals surface area contributed by atoms with Crippen molar-refractivity contribution in [1.82, 2.24) is 9.80 Å². The van der Waals surface area contributed by atoms with Crippen LogP contribution >= 0.6 is 11.3 Å². The quantitative estimate of drug-likeness (QED) is 0.405. The molecule has 7 heteroatoms. The summed E-state index contributed by atoms with van der Waals surface area (Å²) in [6.45, 7) is 6.95. The molecule has 0 spiro atoms. The van der Waals surface area contributed by atoms with E-state index in [9.17, 15) is 18.4 Å². The number of benzene rings is 2. The van der Waals surface area contributed by atoms with Crippen LogP contribution in [0.3, 0.4) is 0 Å². The van der Waals surface area contributed by atoms with Crippen LogP contribution in [0, 0.1) is 24.5 Å². The van der Waals surface area contributed by atoms with Gasteiger partial charge in [0, 0.05) is 28.4 Å². The van der Waals surface area contributed by atoms with Crippen LogP contribution < -0.4 is 0 Å². The monoisotopic (exact) mass is 470 g/mol. The summed E-state index contributed by atoms with van der Waals surface area (Å²) < 4.78 is 26.7. The van der Waals surface area contributed by atoms with Crippen LogP contribution in [-0.4, -0.2) is 34.7 Å². The van der Waals surface area contributed by atoms with E-state index in [4.69, 9.17) is 0 Å². The first-order valence-electron chi connectivity index (χ1n) is 10.8. The number of halogens is 2. The predicted octanol–water partition coefficient (Wildman–Crippen LogP) is 5.66. The number of thiophene rings is 1. The van der Waals surface area contributed by atoms with Gasteiger partial charge in [0.1, 0.15) is 18.2 Å². The molecule has 0 radical (unpaired) electrons. The number of carbonyl (C=O) groups is 2. The molecule has 1 aromatic heterocycles. The Labute approximate surface area is 197 Å². The van der Waals surface area contributed by atoms with Crippen molar-refractivity contribution in [3.63, 3.8) is 0 Å². The van der Waals surface area contributed by atoms with Crippen LogP contribution in [0.4, 0.5) is 8.78 Å². The zero-order chi connectivity index (χ0) is 24.0. The molecule has 0 fully saturated rings. The maximum Gasteiger partial charge on any atom is 0.254 e. The first-order valence-corrected chi connectivity index (χ1v) is 11.7. The largest absolute Gasteiger partial charge is 0.332 e. The summed E-state index contributed by atoms with van der Waals surface area (Å²) in [7, 11) is 0. The van der Waals surface area contributed by atoms with Gasteiger partial charge >= 0.3 is 0 Å². The molecule has 0 N–H and O–H groups in total. The van der Waals surface area contributed by atoms with Crippen LogP contribution in [0.1, 0.15) is 39.5 Å². The standard InChI is InChI=1S/C26H28F2N2O2S/c1-18(2)14-30(26(32)21-7-11-23(28)12-8-21)17-25(31)29(16-24-13-4-19(3)33-24)15-20-5-9-22(27)10-6-20/h4-13,18H,14-17H2,1-3H3. The van der Waals surface area contributed by atoms with E-state index in [-0.39, 0.29) is 30.1 Å². The molecule has 0 aliphatic carbocycles. The second kappa shape index (κ2) is 11.2. The van der Waals surface area contributed by atoms with Crippen molar-refractivity contribution < 1.29 is 18.4 Å². The summed E-state index contributed by atoms with van der Waals surface area (Å²) in [5, 5.41) is 0. The van der Waals surface area contributed by atoms with Gasteiger partial charge in [-0.15, -0.1) is 11.3 Å².